The van der Waals surface area contributed by atoms with E-state index in [4.69, 9.17) is 9.26 Å². The summed E-state index contributed by atoms with van der Waals surface area (Å²) in [4.78, 5) is 13.3. The van der Waals surface area contributed by atoms with Crippen LogP contribution in [0.2, 0.25) is 0 Å². The molecule has 2 aromatic carbocycles. The van der Waals surface area contributed by atoms with Crippen LogP contribution < -0.4 is 15.0 Å². The van der Waals surface area contributed by atoms with Crippen LogP contribution in [0, 0.1) is 23.6 Å². The lowest BCUT2D eigenvalue weighted by atomic mass is 9.87. The van der Waals surface area contributed by atoms with Crippen molar-refractivity contribution < 1.29 is 26.6 Å². The van der Waals surface area contributed by atoms with E-state index in [1.165, 1.54) is 36.1 Å². The molecule has 1 atom stereocenters. The van der Waals surface area contributed by atoms with Crippen molar-refractivity contribution in [3.05, 3.63) is 76.5 Å². The number of nitrogens with one attached hydrogen (secondary N) is 1. The highest BCUT2D eigenvalue weighted by molar-refractivity contribution is 7.86. The van der Waals surface area contributed by atoms with Crippen LogP contribution in [-0.4, -0.2) is 27.0 Å². The molecular formula is C27H22F3N3O4S. The molecule has 1 aliphatic carbocycles. The first kappa shape index (κ1) is 25.6. The van der Waals surface area contributed by atoms with E-state index < -0.39 is 28.3 Å². The molecule has 0 bridgehead atoms. The zero-order chi connectivity index (χ0) is 26.9. The summed E-state index contributed by atoms with van der Waals surface area (Å²) in [5, 5.41) is 4.26. The van der Waals surface area contributed by atoms with E-state index >= 15 is 4.39 Å². The predicted molar refractivity (Wildman–Crippen MR) is 136 cm³/mol. The van der Waals surface area contributed by atoms with Gasteiger partial charge >= 0.3 is 0 Å². The summed E-state index contributed by atoms with van der Waals surface area (Å²) >= 11 is 0. The second-order valence-corrected chi connectivity index (χ2v) is 10.1. The quantitative estimate of drug-likeness (QED) is 0.340. The molecule has 11 heteroatoms. The predicted octanol–water partition coefficient (Wildman–Crippen LogP) is 5.44. The second-order valence-electron chi connectivity index (χ2n) is 8.89. The Bertz CT molecular complexity index is 1630. The summed E-state index contributed by atoms with van der Waals surface area (Å²) in [5.74, 6) is 2.61. The van der Waals surface area contributed by atoms with Gasteiger partial charge in [0.25, 0.3) is 5.56 Å². The smallest absolute Gasteiger partial charge is 0.255 e. The highest BCUT2D eigenvalue weighted by atomic mass is 32.2. The van der Waals surface area contributed by atoms with Crippen molar-refractivity contribution in [2.24, 2.45) is 5.92 Å². The lowest BCUT2D eigenvalue weighted by molar-refractivity contribution is -0.0402. The first-order valence-corrected chi connectivity index (χ1v) is 12.9. The van der Waals surface area contributed by atoms with Crippen molar-refractivity contribution in [1.29, 1.82) is 0 Å². The zero-order valence-corrected chi connectivity index (χ0v) is 21.0. The van der Waals surface area contributed by atoms with Gasteiger partial charge in [0.05, 0.1) is 28.8 Å². The third kappa shape index (κ3) is 5.31. The maximum atomic E-state index is 15.2. The Hall–Kier alpha value is -4.04. The summed E-state index contributed by atoms with van der Waals surface area (Å²) < 4.78 is 68.9. The minimum absolute atomic E-state index is 0.0489. The molecule has 5 rings (SSSR count). The first-order chi connectivity index (χ1) is 18.2. The molecule has 2 heterocycles. The summed E-state index contributed by atoms with van der Waals surface area (Å²) in [7, 11) is -0.256. The summed E-state index contributed by atoms with van der Waals surface area (Å²) in [6.07, 6.45) is 1.39. The number of nitrogens with zero attached hydrogens (tertiary/aromatic N) is 2. The first-order valence-electron chi connectivity index (χ1n) is 11.8. The third-order valence-corrected chi connectivity index (χ3v) is 7.43. The van der Waals surface area contributed by atoms with Crippen LogP contribution in [0.15, 0.2) is 69.0 Å². The van der Waals surface area contributed by atoms with Crippen molar-refractivity contribution in [1.82, 2.24) is 9.72 Å². The van der Waals surface area contributed by atoms with Gasteiger partial charge in [-0.3, -0.25) is 14.1 Å². The maximum absolute atomic E-state index is 15.2. The normalized spacial score (nSPS) is 16.0. The lowest BCUT2D eigenvalue weighted by Gasteiger charge is -2.24. The number of benzene rings is 2. The highest BCUT2D eigenvalue weighted by Gasteiger charge is 2.34. The number of rotatable bonds is 5. The van der Waals surface area contributed by atoms with Gasteiger partial charge < -0.3 is 9.26 Å². The number of hydrogen-bond acceptors (Lipinski definition) is 5. The molecule has 38 heavy (non-hydrogen) atoms. The van der Waals surface area contributed by atoms with Gasteiger partial charge in [0, 0.05) is 48.4 Å². The fourth-order valence-corrected chi connectivity index (χ4v) is 5.19. The average Bonchev–Trinajstić information content (AvgIpc) is 3.41. The van der Waals surface area contributed by atoms with E-state index in [0.29, 0.717) is 21.6 Å². The number of fused-ring (bicyclic) bond motifs is 1. The number of anilines is 1. The molecule has 4 aromatic rings. The van der Waals surface area contributed by atoms with Crippen LogP contribution >= 0.6 is 0 Å². The lowest BCUT2D eigenvalue weighted by Crippen LogP contribution is -2.23. The summed E-state index contributed by atoms with van der Waals surface area (Å²) in [6, 6.07) is 11.8. The van der Waals surface area contributed by atoms with E-state index in [-0.39, 0.29) is 48.6 Å². The molecule has 1 aliphatic rings. The van der Waals surface area contributed by atoms with Gasteiger partial charge in [-0.1, -0.05) is 17.0 Å². The average molecular weight is 542 g/mol. The Balaban J connectivity index is 1.49. The number of pyridine rings is 1. The van der Waals surface area contributed by atoms with E-state index in [1.807, 2.05) is 0 Å². The van der Waals surface area contributed by atoms with Crippen LogP contribution in [0.25, 0.3) is 16.6 Å². The number of hydrogen-bond donors (Lipinski definition) is 1. The van der Waals surface area contributed by atoms with Crippen LogP contribution in [0.1, 0.15) is 31.2 Å². The van der Waals surface area contributed by atoms with E-state index in [0.717, 1.165) is 6.07 Å². The number of halogens is 3. The van der Waals surface area contributed by atoms with Gasteiger partial charge in [-0.2, -0.15) is 0 Å². The van der Waals surface area contributed by atoms with Crippen LogP contribution in [0.5, 0.6) is 5.75 Å². The molecular weight excluding hydrogens is 519 g/mol. The van der Waals surface area contributed by atoms with Gasteiger partial charge in [0.2, 0.25) is 5.92 Å². The molecule has 0 spiro atoms. The van der Waals surface area contributed by atoms with Crippen molar-refractivity contribution in [3.63, 3.8) is 0 Å². The summed E-state index contributed by atoms with van der Waals surface area (Å²) in [6.45, 7) is 0. The van der Waals surface area contributed by atoms with E-state index in [2.05, 4.69) is 21.7 Å². The Morgan fingerprint density at radius 2 is 1.95 bits per heavy atom. The Morgan fingerprint density at radius 3 is 2.66 bits per heavy atom. The minimum Gasteiger partial charge on any atom is -0.495 e. The second kappa shape index (κ2) is 10.4. The maximum Gasteiger partial charge on any atom is 0.255 e. The Morgan fingerprint density at radius 1 is 1.16 bits per heavy atom. The Kier molecular flexibility index (Phi) is 6.99. The van der Waals surface area contributed by atoms with Gasteiger partial charge in [-0.15, -0.1) is 0 Å². The molecule has 0 radical (unpaired) electrons. The highest BCUT2D eigenvalue weighted by Crippen LogP contribution is 2.36. The fourth-order valence-electron chi connectivity index (χ4n) is 4.35. The molecule has 2 aromatic heterocycles. The zero-order valence-electron chi connectivity index (χ0n) is 20.2. The van der Waals surface area contributed by atoms with Crippen molar-refractivity contribution in [2.75, 3.05) is 11.8 Å². The largest absolute Gasteiger partial charge is 0.495 e. The monoisotopic (exact) mass is 541 g/mol. The topological polar surface area (TPSA) is 86.4 Å². The van der Waals surface area contributed by atoms with E-state index in [9.17, 15) is 17.8 Å². The van der Waals surface area contributed by atoms with Crippen molar-refractivity contribution in [2.45, 2.75) is 36.5 Å². The summed E-state index contributed by atoms with van der Waals surface area (Å²) in [5.41, 5.74) is 0.233. The molecule has 1 unspecified atom stereocenters. The van der Waals surface area contributed by atoms with Crippen LogP contribution in [-0.2, 0) is 11.0 Å². The molecule has 0 saturated heterocycles. The SMILES string of the molecule is COc1cc(C#CC2CCC(F)(F)CC2)c(F)cc1-n1c(=O)ccc2cc(S(=O)Nc3ccon3)ccc21. The van der Waals surface area contributed by atoms with Crippen molar-refractivity contribution in [3.8, 4) is 23.3 Å². The molecule has 1 N–H and O–H groups in total. The van der Waals surface area contributed by atoms with Crippen LogP contribution in [0.3, 0.4) is 0 Å². The van der Waals surface area contributed by atoms with Gasteiger partial charge in [-0.05, 0) is 37.1 Å². The standard InChI is InChI=1S/C27H22F3N3O4S/c1-36-24-15-18(3-2-17-8-11-27(29,30)12-9-17)21(28)16-23(24)33-22-6-5-20(14-19(22)4-7-26(33)34)38(35)32-25-10-13-37-31-25/h4-7,10,13-17H,8-9,11-12H2,1H3,(H,31,32). The molecule has 1 saturated carbocycles. The number of alkyl halides is 2. The fraction of sp³-hybridized carbons (Fsp3) is 0.259. The molecule has 0 amide bonds. The van der Waals surface area contributed by atoms with Crippen molar-refractivity contribution >= 4 is 27.7 Å². The number of ether oxygens (including phenoxy) is 1. The molecule has 0 aliphatic heterocycles. The third-order valence-electron chi connectivity index (χ3n) is 6.35. The van der Waals surface area contributed by atoms with E-state index in [1.54, 1.807) is 24.3 Å². The van der Waals surface area contributed by atoms with Gasteiger partial charge in [0.15, 0.2) is 16.8 Å². The number of aromatic nitrogens is 2. The minimum atomic E-state index is -2.66. The molecule has 1 fully saturated rings. The Labute approximate surface area is 218 Å². The van der Waals surface area contributed by atoms with Gasteiger partial charge in [-0.25, -0.2) is 17.4 Å². The van der Waals surface area contributed by atoms with Gasteiger partial charge in [0.1, 0.15) is 17.8 Å². The number of methoxy groups -OCH3 is 1. The molecule has 7 nitrogen and oxygen atoms in total. The van der Waals surface area contributed by atoms with Crippen LogP contribution in [0.4, 0.5) is 19.0 Å². The molecule has 196 valence electrons.